The van der Waals surface area contributed by atoms with Crippen molar-refractivity contribution in [3.05, 3.63) is 0 Å². The summed E-state index contributed by atoms with van der Waals surface area (Å²) in [6.07, 6.45) is 1.39. The normalized spacial score (nSPS) is 33.8. The zero-order valence-corrected chi connectivity index (χ0v) is 9.52. The van der Waals surface area contributed by atoms with Crippen LogP contribution in [0.5, 0.6) is 0 Å². The molecule has 0 bridgehead atoms. The van der Waals surface area contributed by atoms with Crippen LogP contribution < -0.4 is 0 Å². The van der Waals surface area contributed by atoms with Crippen LogP contribution in [0.1, 0.15) is 34.1 Å². The van der Waals surface area contributed by atoms with Gasteiger partial charge in [0.2, 0.25) is 0 Å². The predicted octanol–water partition coefficient (Wildman–Crippen LogP) is 3.62. The summed E-state index contributed by atoms with van der Waals surface area (Å²) in [7, 11) is 0. The monoisotopic (exact) mass is 190 g/mol. The van der Waals surface area contributed by atoms with Crippen molar-refractivity contribution in [2.75, 3.05) is 5.75 Å². The summed E-state index contributed by atoms with van der Waals surface area (Å²) in [6, 6.07) is 0. The molecular weight excluding hydrogens is 172 g/mol. The molecule has 2 heteroatoms. The SMILES string of the molecule is CC1CCSC(C(C)(C)C)S1. The quantitative estimate of drug-likeness (QED) is 0.572. The fraction of sp³-hybridized carbons (Fsp3) is 1.00. The lowest BCUT2D eigenvalue weighted by Crippen LogP contribution is -2.26. The first-order valence-electron chi connectivity index (χ1n) is 4.27. The Bertz CT molecular complexity index is 126. The minimum Gasteiger partial charge on any atom is -0.147 e. The smallest absolute Gasteiger partial charge is 0.0553 e. The maximum atomic E-state index is 2.35. The lowest BCUT2D eigenvalue weighted by atomic mass is 10.00. The van der Waals surface area contributed by atoms with E-state index in [1.165, 1.54) is 12.2 Å². The lowest BCUT2D eigenvalue weighted by Gasteiger charge is -2.35. The van der Waals surface area contributed by atoms with Crippen LogP contribution in [0.15, 0.2) is 0 Å². The first-order chi connectivity index (χ1) is 5.00. The van der Waals surface area contributed by atoms with E-state index in [0.717, 1.165) is 9.83 Å². The fourth-order valence-electron chi connectivity index (χ4n) is 1.11. The molecule has 2 atom stereocenters. The van der Waals surface area contributed by atoms with Crippen molar-refractivity contribution in [2.24, 2.45) is 5.41 Å². The zero-order chi connectivity index (χ0) is 8.48. The summed E-state index contributed by atoms with van der Waals surface area (Å²) < 4.78 is 0.811. The van der Waals surface area contributed by atoms with Crippen LogP contribution in [-0.4, -0.2) is 15.6 Å². The van der Waals surface area contributed by atoms with Gasteiger partial charge >= 0.3 is 0 Å². The summed E-state index contributed by atoms with van der Waals surface area (Å²) in [4.78, 5) is 0. The Balaban J connectivity index is 2.46. The number of hydrogen-bond acceptors (Lipinski definition) is 2. The van der Waals surface area contributed by atoms with Gasteiger partial charge in [-0.15, -0.1) is 23.5 Å². The molecule has 0 aromatic carbocycles. The molecule has 0 nitrogen and oxygen atoms in total. The van der Waals surface area contributed by atoms with Gasteiger partial charge in [-0.3, -0.25) is 0 Å². The van der Waals surface area contributed by atoms with Crippen molar-refractivity contribution < 1.29 is 0 Å². The van der Waals surface area contributed by atoms with Crippen LogP contribution in [0.25, 0.3) is 0 Å². The van der Waals surface area contributed by atoms with E-state index in [4.69, 9.17) is 0 Å². The Morgan fingerprint density at radius 1 is 1.27 bits per heavy atom. The molecule has 2 unspecified atom stereocenters. The van der Waals surface area contributed by atoms with Gasteiger partial charge in [0.15, 0.2) is 0 Å². The summed E-state index contributed by atoms with van der Waals surface area (Å²) >= 11 is 4.29. The Morgan fingerprint density at radius 3 is 2.27 bits per heavy atom. The van der Waals surface area contributed by atoms with E-state index < -0.39 is 0 Å². The molecule has 0 spiro atoms. The largest absolute Gasteiger partial charge is 0.147 e. The molecule has 1 heterocycles. The van der Waals surface area contributed by atoms with E-state index in [1.807, 2.05) is 0 Å². The summed E-state index contributed by atoms with van der Waals surface area (Å²) in [5, 5.41) is 0.875. The van der Waals surface area contributed by atoms with Gasteiger partial charge in [0.25, 0.3) is 0 Å². The molecule has 0 saturated carbocycles. The summed E-state index contributed by atoms with van der Waals surface area (Å²) in [6.45, 7) is 9.38. The van der Waals surface area contributed by atoms with Crippen LogP contribution in [0.2, 0.25) is 0 Å². The highest BCUT2D eigenvalue weighted by Gasteiger charge is 2.29. The van der Waals surface area contributed by atoms with Crippen LogP contribution >= 0.6 is 23.5 Å². The van der Waals surface area contributed by atoms with Crippen molar-refractivity contribution in [1.29, 1.82) is 0 Å². The fourth-order valence-corrected chi connectivity index (χ4v) is 4.72. The molecule has 1 fully saturated rings. The van der Waals surface area contributed by atoms with Gasteiger partial charge in [-0.25, -0.2) is 0 Å². The summed E-state index contributed by atoms with van der Waals surface area (Å²) in [5.74, 6) is 1.36. The summed E-state index contributed by atoms with van der Waals surface area (Å²) in [5.41, 5.74) is 0.476. The van der Waals surface area contributed by atoms with Crippen LogP contribution in [0, 0.1) is 5.41 Å². The van der Waals surface area contributed by atoms with E-state index in [0.29, 0.717) is 5.41 Å². The highest BCUT2D eigenvalue weighted by atomic mass is 32.2. The van der Waals surface area contributed by atoms with E-state index in [2.05, 4.69) is 51.2 Å². The molecule has 1 rings (SSSR count). The molecule has 0 amide bonds. The van der Waals surface area contributed by atoms with Crippen LogP contribution in [-0.2, 0) is 0 Å². The third-order valence-corrected chi connectivity index (χ3v) is 5.73. The van der Waals surface area contributed by atoms with E-state index in [9.17, 15) is 0 Å². The van der Waals surface area contributed by atoms with Gasteiger partial charge in [0, 0.05) is 5.25 Å². The van der Waals surface area contributed by atoms with E-state index in [-0.39, 0.29) is 0 Å². The van der Waals surface area contributed by atoms with Gasteiger partial charge in [0.05, 0.1) is 4.58 Å². The second-order valence-electron chi connectivity index (χ2n) is 4.30. The molecular formula is C9H18S2. The first-order valence-corrected chi connectivity index (χ1v) is 6.26. The molecule has 66 valence electrons. The Kier molecular flexibility index (Phi) is 3.21. The van der Waals surface area contributed by atoms with Crippen molar-refractivity contribution in [3.8, 4) is 0 Å². The molecule has 11 heavy (non-hydrogen) atoms. The highest BCUT2D eigenvalue weighted by molar-refractivity contribution is 8.17. The molecule has 0 aromatic heterocycles. The predicted molar refractivity (Wildman–Crippen MR) is 57.4 cm³/mol. The van der Waals surface area contributed by atoms with Gasteiger partial charge in [-0.05, 0) is 17.6 Å². The highest BCUT2D eigenvalue weighted by Crippen LogP contribution is 2.45. The van der Waals surface area contributed by atoms with Crippen molar-refractivity contribution in [2.45, 2.75) is 43.9 Å². The van der Waals surface area contributed by atoms with Crippen LogP contribution in [0.3, 0.4) is 0 Å². The maximum absolute atomic E-state index is 2.35. The standard InChI is InChI=1S/C9H18S2/c1-7-5-6-10-8(11-7)9(2,3)4/h7-8H,5-6H2,1-4H3. The molecule has 1 aliphatic heterocycles. The lowest BCUT2D eigenvalue weighted by molar-refractivity contribution is 0.457. The minimum atomic E-state index is 0.476. The Hall–Kier alpha value is 0.700. The average Bonchev–Trinajstić information content (AvgIpc) is 1.86. The van der Waals surface area contributed by atoms with Crippen molar-refractivity contribution in [3.63, 3.8) is 0 Å². The average molecular weight is 190 g/mol. The van der Waals surface area contributed by atoms with Gasteiger partial charge in [0.1, 0.15) is 0 Å². The molecule has 0 radical (unpaired) electrons. The van der Waals surface area contributed by atoms with Gasteiger partial charge in [-0.1, -0.05) is 27.7 Å². The first kappa shape index (κ1) is 9.79. The molecule has 0 aromatic rings. The van der Waals surface area contributed by atoms with Gasteiger partial charge in [-0.2, -0.15) is 0 Å². The minimum absolute atomic E-state index is 0.476. The van der Waals surface area contributed by atoms with E-state index in [1.54, 1.807) is 0 Å². The third kappa shape index (κ3) is 2.90. The second-order valence-corrected chi connectivity index (χ2v) is 7.36. The Morgan fingerprint density at radius 2 is 1.91 bits per heavy atom. The molecule has 0 aliphatic carbocycles. The molecule has 1 saturated heterocycles. The number of rotatable bonds is 0. The number of hydrogen-bond donors (Lipinski definition) is 0. The van der Waals surface area contributed by atoms with Crippen LogP contribution in [0.4, 0.5) is 0 Å². The second kappa shape index (κ2) is 3.61. The number of thioether (sulfide) groups is 2. The van der Waals surface area contributed by atoms with E-state index >= 15 is 0 Å². The molecule has 1 aliphatic rings. The van der Waals surface area contributed by atoms with Crippen molar-refractivity contribution >= 4 is 23.5 Å². The maximum Gasteiger partial charge on any atom is 0.0553 e. The van der Waals surface area contributed by atoms with Crippen molar-refractivity contribution in [1.82, 2.24) is 0 Å². The van der Waals surface area contributed by atoms with Gasteiger partial charge < -0.3 is 0 Å². The Labute approximate surface area is 78.9 Å². The topological polar surface area (TPSA) is 0 Å². The third-order valence-electron chi connectivity index (χ3n) is 1.86. The molecule has 0 N–H and O–H groups in total. The zero-order valence-electron chi connectivity index (χ0n) is 7.89.